The summed E-state index contributed by atoms with van der Waals surface area (Å²) < 4.78 is 18.4. The fourth-order valence-electron chi connectivity index (χ4n) is 2.53. The van der Waals surface area contributed by atoms with Crippen LogP contribution in [0.25, 0.3) is 10.9 Å². The number of hydrogen-bond donors (Lipinski definition) is 2. The number of benzene rings is 1. The van der Waals surface area contributed by atoms with E-state index in [1.165, 1.54) is 12.1 Å². The Labute approximate surface area is 122 Å². The summed E-state index contributed by atoms with van der Waals surface area (Å²) in [5.74, 6) is -0.454. The number of ether oxygens (including phenoxy) is 1. The summed E-state index contributed by atoms with van der Waals surface area (Å²) in [5.41, 5.74) is 1.18. The molecular weight excluding hydrogens is 273 g/mol. The first-order valence-electron chi connectivity index (χ1n) is 7.09. The number of nitrogens with zero attached hydrogens (tertiary/aromatic N) is 1. The molecule has 1 saturated heterocycles. The molecule has 1 amide bonds. The monoisotopic (exact) mass is 291 g/mol. The van der Waals surface area contributed by atoms with Gasteiger partial charge in [-0.2, -0.15) is 0 Å². The first kappa shape index (κ1) is 14.0. The highest BCUT2D eigenvalue weighted by molar-refractivity contribution is 6.06. The van der Waals surface area contributed by atoms with E-state index in [4.69, 9.17) is 4.74 Å². The summed E-state index contributed by atoms with van der Waals surface area (Å²) in [6.07, 6.45) is 1.62. The molecule has 1 aromatic heterocycles. The maximum absolute atomic E-state index is 13.1. The van der Waals surface area contributed by atoms with Crippen LogP contribution in [0.4, 0.5) is 4.39 Å². The minimum Gasteiger partial charge on any atom is -0.379 e. The van der Waals surface area contributed by atoms with Crippen LogP contribution in [0, 0.1) is 5.82 Å². The molecule has 21 heavy (non-hydrogen) atoms. The third-order valence-corrected chi connectivity index (χ3v) is 3.71. The van der Waals surface area contributed by atoms with E-state index < -0.39 is 0 Å². The predicted octanol–water partition coefficient (Wildman–Crippen LogP) is 1.37. The molecule has 1 aliphatic rings. The normalized spacial score (nSPS) is 16.2. The van der Waals surface area contributed by atoms with E-state index in [0.29, 0.717) is 17.6 Å². The summed E-state index contributed by atoms with van der Waals surface area (Å²) in [6.45, 7) is 4.72. The lowest BCUT2D eigenvalue weighted by atomic mass is 10.1. The molecule has 0 spiro atoms. The molecular formula is C15H18FN3O2. The largest absolute Gasteiger partial charge is 0.379 e. The van der Waals surface area contributed by atoms with Gasteiger partial charge in [-0.3, -0.25) is 9.69 Å². The summed E-state index contributed by atoms with van der Waals surface area (Å²) in [4.78, 5) is 17.4. The van der Waals surface area contributed by atoms with Crippen LogP contribution in [-0.4, -0.2) is 55.2 Å². The molecule has 0 unspecified atom stereocenters. The van der Waals surface area contributed by atoms with Gasteiger partial charge in [-0.05, 0) is 18.2 Å². The molecule has 0 radical (unpaired) electrons. The Morgan fingerprint density at radius 3 is 3.00 bits per heavy atom. The molecule has 1 fully saturated rings. The number of H-pyrrole nitrogens is 1. The van der Waals surface area contributed by atoms with E-state index in [9.17, 15) is 9.18 Å². The number of halogens is 1. The van der Waals surface area contributed by atoms with Crippen molar-refractivity contribution in [3.63, 3.8) is 0 Å². The van der Waals surface area contributed by atoms with E-state index in [2.05, 4.69) is 15.2 Å². The minimum absolute atomic E-state index is 0.138. The molecule has 1 aliphatic heterocycles. The molecule has 112 valence electrons. The maximum Gasteiger partial charge on any atom is 0.253 e. The van der Waals surface area contributed by atoms with Crippen LogP contribution in [0.15, 0.2) is 24.4 Å². The molecule has 6 heteroatoms. The van der Waals surface area contributed by atoms with Crippen LogP contribution in [0.2, 0.25) is 0 Å². The van der Waals surface area contributed by atoms with E-state index >= 15 is 0 Å². The fraction of sp³-hybridized carbons (Fsp3) is 0.400. The molecule has 2 heterocycles. The van der Waals surface area contributed by atoms with Crippen LogP contribution >= 0.6 is 0 Å². The topological polar surface area (TPSA) is 57.4 Å². The van der Waals surface area contributed by atoms with Crippen LogP contribution in [0.3, 0.4) is 0 Å². The van der Waals surface area contributed by atoms with Crippen molar-refractivity contribution in [2.24, 2.45) is 0 Å². The van der Waals surface area contributed by atoms with E-state index in [1.807, 2.05) is 0 Å². The standard InChI is InChI=1S/C15H18FN3O2/c16-11-1-2-12-13(10-18-14(12)9-11)15(20)17-3-4-19-5-7-21-8-6-19/h1-2,9-10,18H,3-8H2,(H,17,20). The molecule has 2 N–H and O–H groups in total. The average Bonchev–Trinajstić information content (AvgIpc) is 2.91. The smallest absolute Gasteiger partial charge is 0.253 e. The number of rotatable bonds is 4. The van der Waals surface area contributed by atoms with Gasteiger partial charge < -0.3 is 15.0 Å². The summed E-state index contributed by atoms with van der Waals surface area (Å²) in [5, 5.41) is 3.64. The first-order valence-corrected chi connectivity index (χ1v) is 7.09. The Hall–Kier alpha value is -1.92. The Morgan fingerprint density at radius 2 is 2.19 bits per heavy atom. The van der Waals surface area contributed by atoms with Gasteiger partial charge in [-0.1, -0.05) is 0 Å². The van der Waals surface area contributed by atoms with Crippen LogP contribution in [0.1, 0.15) is 10.4 Å². The third kappa shape index (κ3) is 3.22. The van der Waals surface area contributed by atoms with Crippen molar-refractivity contribution >= 4 is 16.8 Å². The van der Waals surface area contributed by atoms with Crippen molar-refractivity contribution in [2.75, 3.05) is 39.4 Å². The van der Waals surface area contributed by atoms with Crippen molar-refractivity contribution in [3.05, 3.63) is 35.8 Å². The Bertz CT molecular complexity index is 635. The van der Waals surface area contributed by atoms with Gasteiger partial charge in [0.1, 0.15) is 5.82 Å². The highest BCUT2D eigenvalue weighted by Crippen LogP contribution is 2.18. The third-order valence-electron chi connectivity index (χ3n) is 3.71. The van der Waals surface area contributed by atoms with Gasteiger partial charge in [0.2, 0.25) is 0 Å². The number of amides is 1. The molecule has 2 aromatic rings. The lowest BCUT2D eigenvalue weighted by Crippen LogP contribution is -2.41. The van der Waals surface area contributed by atoms with Crippen LogP contribution in [0.5, 0.6) is 0 Å². The number of aromatic amines is 1. The highest BCUT2D eigenvalue weighted by atomic mass is 19.1. The zero-order valence-corrected chi connectivity index (χ0v) is 11.7. The minimum atomic E-state index is -0.316. The molecule has 0 bridgehead atoms. The molecule has 0 atom stereocenters. The van der Waals surface area contributed by atoms with Gasteiger partial charge >= 0.3 is 0 Å². The van der Waals surface area contributed by atoms with Gasteiger partial charge in [0, 0.05) is 43.3 Å². The average molecular weight is 291 g/mol. The number of morpholine rings is 1. The fourth-order valence-corrected chi connectivity index (χ4v) is 2.53. The van der Waals surface area contributed by atoms with E-state index in [-0.39, 0.29) is 11.7 Å². The zero-order valence-electron chi connectivity index (χ0n) is 11.7. The van der Waals surface area contributed by atoms with E-state index in [0.717, 1.165) is 38.2 Å². The van der Waals surface area contributed by atoms with Crippen molar-refractivity contribution < 1.29 is 13.9 Å². The van der Waals surface area contributed by atoms with Gasteiger partial charge in [0.15, 0.2) is 0 Å². The second-order valence-corrected chi connectivity index (χ2v) is 5.10. The van der Waals surface area contributed by atoms with Crippen molar-refractivity contribution in [1.82, 2.24) is 15.2 Å². The summed E-state index contributed by atoms with van der Waals surface area (Å²) in [7, 11) is 0. The second-order valence-electron chi connectivity index (χ2n) is 5.10. The molecule has 1 aromatic carbocycles. The van der Waals surface area contributed by atoms with Crippen LogP contribution < -0.4 is 5.32 Å². The van der Waals surface area contributed by atoms with Gasteiger partial charge in [0.05, 0.1) is 18.8 Å². The predicted molar refractivity (Wildman–Crippen MR) is 77.8 cm³/mol. The van der Waals surface area contributed by atoms with Crippen molar-refractivity contribution in [1.29, 1.82) is 0 Å². The van der Waals surface area contributed by atoms with Gasteiger partial charge in [0.25, 0.3) is 5.91 Å². The number of carbonyl (C=O) groups is 1. The van der Waals surface area contributed by atoms with Gasteiger partial charge in [-0.25, -0.2) is 4.39 Å². The number of hydrogen-bond acceptors (Lipinski definition) is 3. The van der Waals surface area contributed by atoms with E-state index in [1.54, 1.807) is 12.3 Å². The number of nitrogens with one attached hydrogen (secondary N) is 2. The van der Waals surface area contributed by atoms with Crippen LogP contribution in [-0.2, 0) is 4.74 Å². The summed E-state index contributed by atoms with van der Waals surface area (Å²) in [6, 6.07) is 4.37. The molecule has 3 rings (SSSR count). The molecule has 5 nitrogen and oxygen atoms in total. The molecule has 0 aliphatic carbocycles. The SMILES string of the molecule is O=C(NCCN1CCOCC1)c1c[nH]c2cc(F)ccc12. The zero-order chi connectivity index (χ0) is 14.7. The summed E-state index contributed by atoms with van der Waals surface area (Å²) >= 11 is 0. The van der Waals surface area contributed by atoms with Gasteiger partial charge in [-0.15, -0.1) is 0 Å². The Balaban J connectivity index is 1.59. The Morgan fingerprint density at radius 1 is 1.38 bits per heavy atom. The highest BCUT2D eigenvalue weighted by Gasteiger charge is 2.13. The first-order chi connectivity index (χ1) is 10.2. The lowest BCUT2D eigenvalue weighted by molar-refractivity contribution is 0.0383. The number of aromatic nitrogens is 1. The Kier molecular flexibility index (Phi) is 4.17. The quantitative estimate of drug-likeness (QED) is 0.894. The van der Waals surface area contributed by atoms with Crippen molar-refractivity contribution in [3.8, 4) is 0 Å². The van der Waals surface area contributed by atoms with Crippen molar-refractivity contribution in [2.45, 2.75) is 0 Å². The number of carbonyl (C=O) groups excluding carboxylic acids is 1. The number of fused-ring (bicyclic) bond motifs is 1. The molecule has 0 saturated carbocycles. The second kappa shape index (κ2) is 6.24. The lowest BCUT2D eigenvalue weighted by Gasteiger charge is -2.26. The maximum atomic E-state index is 13.1.